The van der Waals surface area contributed by atoms with E-state index in [0.717, 1.165) is 37.1 Å². The summed E-state index contributed by atoms with van der Waals surface area (Å²) in [5.74, 6) is 1.68. The molecule has 162 valence electrons. The lowest BCUT2D eigenvalue weighted by Crippen LogP contribution is -2.48. The molecule has 2 aromatic carbocycles. The van der Waals surface area contributed by atoms with Crippen molar-refractivity contribution in [1.82, 2.24) is 25.0 Å². The Balaban J connectivity index is 1.52. The molecule has 1 saturated heterocycles. The zero-order chi connectivity index (χ0) is 21.6. The number of nitrogens with one attached hydrogen (secondary N) is 1. The number of para-hydroxylation sites is 1. The first-order chi connectivity index (χ1) is 15.2. The van der Waals surface area contributed by atoms with Crippen molar-refractivity contribution in [1.29, 1.82) is 0 Å². The number of morpholine rings is 1. The molecule has 3 aromatic rings. The number of guanidine groups is 1. The number of benzene rings is 2. The van der Waals surface area contributed by atoms with E-state index in [-0.39, 0.29) is 6.10 Å². The van der Waals surface area contributed by atoms with Crippen molar-refractivity contribution in [3.63, 3.8) is 0 Å². The van der Waals surface area contributed by atoms with Crippen molar-refractivity contribution in [2.24, 2.45) is 4.99 Å². The minimum Gasteiger partial charge on any atom is -0.370 e. The molecule has 0 radical (unpaired) electrons. The second-order valence-corrected chi connectivity index (χ2v) is 7.79. The van der Waals surface area contributed by atoms with Crippen molar-refractivity contribution in [3.05, 3.63) is 77.4 Å². The van der Waals surface area contributed by atoms with Gasteiger partial charge >= 0.3 is 0 Å². The summed E-state index contributed by atoms with van der Waals surface area (Å²) in [6, 6.07) is 16.6. The highest BCUT2D eigenvalue weighted by Gasteiger charge is 2.25. The van der Waals surface area contributed by atoms with Crippen molar-refractivity contribution in [2.45, 2.75) is 33.4 Å². The van der Waals surface area contributed by atoms with Crippen molar-refractivity contribution >= 4 is 5.96 Å². The molecule has 0 spiro atoms. The van der Waals surface area contributed by atoms with E-state index >= 15 is 0 Å². The Morgan fingerprint density at radius 1 is 1.19 bits per heavy atom. The Morgan fingerprint density at radius 3 is 2.81 bits per heavy atom. The van der Waals surface area contributed by atoms with Gasteiger partial charge in [0.2, 0.25) is 0 Å². The lowest BCUT2D eigenvalue weighted by molar-refractivity contribution is -0.00835. The van der Waals surface area contributed by atoms with E-state index in [9.17, 15) is 0 Å². The van der Waals surface area contributed by atoms with Gasteiger partial charge in [0.15, 0.2) is 11.8 Å². The molecule has 7 heteroatoms. The van der Waals surface area contributed by atoms with Crippen molar-refractivity contribution < 1.29 is 4.74 Å². The van der Waals surface area contributed by atoms with Gasteiger partial charge in [0.1, 0.15) is 19.0 Å². The predicted molar refractivity (Wildman–Crippen MR) is 122 cm³/mol. The Hall–Kier alpha value is -3.19. The van der Waals surface area contributed by atoms with Gasteiger partial charge in [-0.25, -0.2) is 4.99 Å². The van der Waals surface area contributed by atoms with Gasteiger partial charge in [0.05, 0.1) is 13.2 Å². The quantitative estimate of drug-likeness (QED) is 0.508. The molecule has 1 N–H and O–H groups in total. The van der Waals surface area contributed by atoms with E-state index in [1.807, 2.05) is 34.9 Å². The highest BCUT2D eigenvalue weighted by molar-refractivity contribution is 5.80. The zero-order valence-electron chi connectivity index (χ0n) is 18.5. The number of hydrogen-bond donors (Lipinski definition) is 1. The second-order valence-electron chi connectivity index (χ2n) is 7.79. The fraction of sp³-hybridized carbons (Fsp3) is 0.375. The standard InChI is InChI=1S/C24H30N6O/c1-4-25-24(26-15-23-28-27-17-30(23)20-8-6-5-7-9-20)29-12-13-31-22(16-29)21-11-10-18(2)14-19(21)3/h5-11,14,17,22H,4,12-13,15-16H2,1-3H3,(H,25,26). The van der Waals surface area contributed by atoms with E-state index < -0.39 is 0 Å². The third kappa shape index (κ3) is 4.94. The van der Waals surface area contributed by atoms with Crippen LogP contribution in [-0.4, -0.2) is 51.9 Å². The molecule has 1 fully saturated rings. The number of aliphatic imine (C=N–C) groups is 1. The zero-order valence-corrected chi connectivity index (χ0v) is 18.5. The van der Waals surface area contributed by atoms with Gasteiger partial charge in [-0.3, -0.25) is 4.57 Å². The highest BCUT2D eigenvalue weighted by atomic mass is 16.5. The molecule has 1 aromatic heterocycles. The molecule has 1 aliphatic rings. The van der Waals surface area contributed by atoms with Gasteiger partial charge in [-0.2, -0.15) is 0 Å². The number of hydrogen-bond acceptors (Lipinski definition) is 4. The monoisotopic (exact) mass is 418 g/mol. The number of aryl methyl sites for hydroxylation is 2. The maximum atomic E-state index is 6.12. The fourth-order valence-electron chi connectivity index (χ4n) is 3.96. The van der Waals surface area contributed by atoms with Gasteiger partial charge in [-0.15, -0.1) is 10.2 Å². The summed E-state index contributed by atoms with van der Waals surface area (Å²) < 4.78 is 8.10. The Morgan fingerprint density at radius 2 is 2.03 bits per heavy atom. The molecule has 0 amide bonds. The summed E-state index contributed by atoms with van der Waals surface area (Å²) >= 11 is 0. The van der Waals surface area contributed by atoms with Crippen LogP contribution in [0.3, 0.4) is 0 Å². The van der Waals surface area contributed by atoms with Crippen LogP contribution in [0.2, 0.25) is 0 Å². The SMILES string of the molecule is CCNC(=NCc1nncn1-c1ccccc1)N1CCOC(c2ccc(C)cc2C)C1. The Bertz CT molecular complexity index is 1030. The van der Waals surface area contributed by atoms with E-state index in [4.69, 9.17) is 9.73 Å². The van der Waals surface area contributed by atoms with Crippen LogP contribution in [0, 0.1) is 13.8 Å². The van der Waals surface area contributed by atoms with Crippen LogP contribution in [0.25, 0.3) is 5.69 Å². The summed E-state index contributed by atoms with van der Waals surface area (Å²) in [7, 11) is 0. The van der Waals surface area contributed by atoms with E-state index in [1.54, 1.807) is 6.33 Å². The molecule has 0 aliphatic carbocycles. The van der Waals surface area contributed by atoms with Crippen molar-refractivity contribution in [3.8, 4) is 5.69 Å². The van der Waals surface area contributed by atoms with Gasteiger partial charge in [0.25, 0.3) is 0 Å². The number of nitrogens with zero attached hydrogens (tertiary/aromatic N) is 5. The smallest absolute Gasteiger partial charge is 0.194 e. The largest absolute Gasteiger partial charge is 0.370 e. The summed E-state index contributed by atoms with van der Waals surface area (Å²) in [5, 5.41) is 11.8. The molecule has 0 bridgehead atoms. The lowest BCUT2D eigenvalue weighted by atomic mass is 10.00. The summed E-state index contributed by atoms with van der Waals surface area (Å²) in [6.07, 6.45) is 1.77. The second kappa shape index (κ2) is 9.75. The van der Waals surface area contributed by atoms with Crippen molar-refractivity contribution in [2.75, 3.05) is 26.2 Å². The van der Waals surface area contributed by atoms with E-state index in [1.165, 1.54) is 16.7 Å². The number of ether oxygens (including phenoxy) is 1. The molecule has 0 saturated carbocycles. The summed E-state index contributed by atoms with van der Waals surface area (Å²) in [5.41, 5.74) is 4.81. The fourth-order valence-corrected chi connectivity index (χ4v) is 3.96. The molecular weight excluding hydrogens is 388 g/mol. The maximum absolute atomic E-state index is 6.12. The van der Waals surface area contributed by atoms with Crippen LogP contribution in [0.1, 0.15) is 35.5 Å². The normalized spacial score (nSPS) is 17.1. The highest BCUT2D eigenvalue weighted by Crippen LogP contribution is 2.26. The molecule has 1 unspecified atom stereocenters. The van der Waals surface area contributed by atoms with Gasteiger partial charge in [-0.1, -0.05) is 42.0 Å². The first kappa shape index (κ1) is 21.1. The van der Waals surface area contributed by atoms with Gasteiger partial charge in [0, 0.05) is 18.8 Å². The molecular formula is C24H30N6O. The average molecular weight is 419 g/mol. The van der Waals surface area contributed by atoms with Gasteiger partial charge < -0.3 is 15.0 Å². The predicted octanol–water partition coefficient (Wildman–Crippen LogP) is 3.42. The van der Waals surface area contributed by atoms with Crippen LogP contribution in [0.15, 0.2) is 59.9 Å². The first-order valence-corrected chi connectivity index (χ1v) is 10.8. The Labute approximate surface area is 183 Å². The Kier molecular flexibility index (Phi) is 6.62. The van der Waals surface area contributed by atoms with Crippen LogP contribution in [0.4, 0.5) is 0 Å². The maximum Gasteiger partial charge on any atom is 0.194 e. The van der Waals surface area contributed by atoms with Crippen LogP contribution in [0.5, 0.6) is 0 Å². The third-order valence-electron chi connectivity index (χ3n) is 5.50. The topological polar surface area (TPSA) is 67.6 Å². The van der Waals surface area contributed by atoms with E-state index in [0.29, 0.717) is 13.2 Å². The minimum atomic E-state index is 0.0335. The molecule has 2 heterocycles. The van der Waals surface area contributed by atoms with Crippen LogP contribution in [-0.2, 0) is 11.3 Å². The van der Waals surface area contributed by atoms with Crippen LogP contribution < -0.4 is 5.32 Å². The average Bonchev–Trinajstić information content (AvgIpc) is 3.26. The minimum absolute atomic E-state index is 0.0335. The lowest BCUT2D eigenvalue weighted by Gasteiger charge is -2.36. The molecule has 31 heavy (non-hydrogen) atoms. The molecule has 4 rings (SSSR count). The van der Waals surface area contributed by atoms with E-state index in [2.05, 4.69) is 59.4 Å². The summed E-state index contributed by atoms with van der Waals surface area (Å²) in [4.78, 5) is 7.16. The molecule has 7 nitrogen and oxygen atoms in total. The van der Waals surface area contributed by atoms with Gasteiger partial charge in [-0.05, 0) is 44.0 Å². The summed E-state index contributed by atoms with van der Waals surface area (Å²) in [6.45, 7) is 9.85. The first-order valence-electron chi connectivity index (χ1n) is 10.8. The number of rotatable bonds is 5. The third-order valence-corrected chi connectivity index (χ3v) is 5.50. The number of aromatic nitrogens is 3. The molecule has 1 aliphatic heterocycles. The molecule has 1 atom stereocenters. The van der Waals surface area contributed by atoms with Crippen LogP contribution >= 0.6 is 0 Å².